The van der Waals surface area contributed by atoms with Gasteiger partial charge in [-0.1, -0.05) is 0 Å². The number of nitrogens with one attached hydrogen (secondary N) is 1. The zero-order chi connectivity index (χ0) is 22.0. The Morgan fingerprint density at radius 2 is 2.10 bits per heavy atom. The number of fused-ring (bicyclic) bond motifs is 1. The first-order chi connectivity index (χ1) is 14.8. The van der Waals surface area contributed by atoms with E-state index in [1.807, 2.05) is 19.1 Å². The minimum Gasteiger partial charge on any atom is -0.467 e. The molecule has 3 heterocycles. The topological polar surface area (TPSA) is 98.4 Å². The zero-order valence-electron chi connectivity index (χ0n) is 18.8. The van der Waals surface area contributed by atoms with Crippen molar-refractivity contribution in [3.05, 3.63) is 24.2 Å². The summed E-state index contributed by atoms with van der Waals surface area (Å²) in [7, 11) is 1.58. The first kappa shape index (κ1) is 21.5. The summed E-state index contributed by atoms with van der Waals surface area (Å²) in [6.07, 6.45) is 2.85. The Balaban J connectivity index is 1.52. The summed E-state index contributed by atoms with van der Waals surface area (Å²) in [6.45, 7) is 11.3. The van der Waals surface area contributed by atoms with E-state index in [1.165, 1.54) is 0 Å². The fraction of sp³-hybridized carbons (Fsp3) is 0.545. The van der Waals surface area contributed by atoms with Crippen LogP contribution in [0, 0.1) is 12.8 Å². The quantitative estimate of drug-likeness (QED) is 0.571. The lowest BCUT2D eigenvalue weighted by molar-refractivity contribution is 0.0516. The maximum Gasteiger partial charge on any atom is 0.245 e. The highest BCUT2D eigenvalue weighted by molar-refractivity contribution is 5.83. The molecule has 1 saturated heterocycles. The fourth-order valence-electron chi connectivity index (χ4n) is 3.68. The van der Waals surface area contributed by atoms with Crippen LogP contribution in [0.3, 0.4) is 0 Å². The second kappa shape index (κ2) is 8.76. The average molecular weight is 427 g/mol. The lowest BCUT2D eigenvalue weighted by Gasteiger charge is -2.23. The van der Waals surface area contributed by atoms with E-state index in [0.717, 1.165) is 37.1 Å². The van der Waals surface area contributed by atoms with Crippen LogP contribution in [0.25, 0.3) is 22.4 Å². The smallest absolute Gasteiger partial charge is 0.245 e. The number of nitrogens with zero attached hydrogens (tertiary/aromatic N) is 5. The maximum atomic E-state index is 5.74. The Morgan fingerprint density at radius 3 is 2.81 bits per heavy atom. The van der Waals surface area contributed by atoms with E-state index in [0.29, 0.717) is 34.8 Å². The Bertz CT molecular complexity index is 1030. The Morgan fingerprint density at radius 1 is 1.26 bits per heavy atom. The first-order valence-electron chi connectivity index (χ1n) is 10.6. The molecule has 31 heavy (non-hydrogen) atoms. The van der Waals surface area contributed by atoms with Gasteiger partial charge in [0.05, 0.1) is 6.20 Å². The van der Waals surface area contributed by atoms with Crippen LogP contribution in [0.4, 0.5) is 5.95 Å². The van der Waals surface area contributed by atoms with Crippen LogP contribution in [0.1, 0.15) is 33.1 Å². The van der Waals surface area contributed by atoms with Gasteiger partial charge in [0, 0.05) is 50.8 Å². The van der Waals surface area contributed by atoms with Crippen LogP contribution in [-0.2, 0) is 4.74 Å². The molecule has 0 saturated carbocycles. The highest BCUT2D eigenvalue weighted by Crippen LogP contribution is 2.33. The van der Waals surface area contributed by atoms with Crippen LogP contribution >= 0.6 is 0 Å². The number of rotatable bonds is 7. The van der Waals surface area contributed by atoms with Gasteiger partial charge in [-0.25, -0.2) is 9.97 Å². The number of anilines is 1. The van der Waals surface area contributed by atoms with Crippen LogP contribution in [0.15, 0.2) is 22.7 Å². The SMILES string of the molecule is COCOc1cc2nc(C)oc2cc1-c1cnc(N2CCC(CNC(C)(C)C)C2)nn1. The van der Waals surface area contributed by atoms with Gasteiger partial charge in [-0.15, -0.1) is 10.2 Å². The molecule has 1 aromatic carbocycles. The van der Waals surface area contributed by atoms with Crippen LogP contribution < -0.4 is 15.0 Å². The third kappa shape index (κ3) is 5.11. The van der Waals surface area contributed by atoms with E-state index in [4.69, 9.17) is 13.9 Å². The summed E-state index contributed by atoms with van der Waals surface area (Å²) in [5.41, 5.74) is 2.85. The number of aromatic nitrogens is 4. The summed E-state index contributed by atoms with van der Waals surface area (Å²) in [6, 6.07) is 3.68. The molecule has 0 aliphatic carbocycles. The molecule has 9 nitrogen and oxygen atoms in total. The predicted octanol–water partition coefficient (Wildman–Crippen LogP) is 3.19. The lowest BCUT2D eigenvalue weighted by atomic mass is 10.1. The molecule has 0 bridgehead atoms. The van der Waals surface area contributed by atoms with E-state index < -0.39 is 0 Å². The van der Waals surface area contributed by atoms with E-state index in [9.17, 15) is 0 Å². The highest BCUT2D eigenvalue weighted by Gasteiger charge is 2.26. The van der Waals surface area contributed by atoms with Gasteiger partial charge in [-0.3, -0.25) is 0 Å². The molecule has 9 heteroatoms. The number of ether oxygens (including phenoxy) is 2. The molecule has 0 radical (unpaired) electrons. The first-order valence-corrected chi connectivity index (χ1v) is 10.6. The minimum atomic E-state index is 0.117. The number of aryl methyl sites for hydroxylation is 1. The molecule has 1 atom stereocenters. The van der Waals surface area contributed by atoms with Gasteiger partial charge in [-0.05, 0) is 39.2 Å². The molecule has 0 amide bonds. The number of oxazole rings is 1. The van der Waals surface area contributed by atoms with Crippen molar-refractivity contribution in [3.8, 4) is 17.0 Å². The second-order valence-corrected chi connectivity index (χ2v) is 8.97. The van der Waals surface area contributed by atoms with Gasteiger partial charge >= 0.3 is 0 Å². The van der Waals surface area contributed by atoms with Crippen molar-refractivity contribution < 1.29 is 13.9 Å². The third-order valence-electron chi connectivity index (χ3n) is 5.24. The number of benzene rings is 1. The van der Waals surface area contributed by atoms with Gasteiger partial charge in [0.25, 0.3) is 0 Å². The maximum absolute atomic E-state index is 5.74. The molecular formula is C22H30N6O3. The van der Waals surface area contributed by atoms with Crippen molar-refractivity contribution in [1.82, 2.24) is 25.5 Å². The van der Waals surface area contributed by atoms with Crippen LogP contribution in [-0.4, -0.2) is 59.2 Å². The summed E-state index contributed by atoms with van der Waals surface area (Å²) in [4.78, 5) is 11.1. The molecule has 1 aliphatic rings. The molecular weight excluding hydrogens is 396 g/mol. The molecule has 1 N–H and O–H groups in total. The lowest BCUT2D eigenvalue weighted by Crippen LogP contribution is -2.39. The zero-order valence-corrected chi connectivity index (χ0v) is 18.8. The average Bonchev–Trinajstić information content (AvgIpc) is 3.35. The van der Waals surface area contributed by atoms with Gasteiger partial charge in [-0.2, -0.15) is 0 Å². The molecule has 2 aromatic heterocycles. The summed E-state index contributed by atoms with van der Waals surface area (Å²) < 4.78 is 16.5. The van der Waals surface area contributed by atoms with Crippen molar-refractivity contribution in [2.75, 3.05) is 38.4 Å². The van der Waals surface area contributed by atoms with Crippen molar-refractivity contribution in [2.24, 2.45) is 5.92 Å². The fourth-order valence-corrected chi connectivity index (χ4v) is 3.68. The number of hydrogen-bond acceptors (Lipinski definition) is 9. The molecule has 0 spiro atoms. The standard InChI is InChI=1S/C22H30N6O3/c1-14-25-17-9-19(30-13-29-5)16(8-20(17)31-14)18-11-23-21(27-26-18)28-7-6-15(12-28)10-24-22(2,3)4/h8-9,11,15,24H,6-7,10,12-13H2,1-5H3. The van der Waals surface area contributed by atoms with E-state index >= 15 is 0 Å². The van der Waals surface area contributed by atoms with E-state index in [-0.39, 0.29) is 12.3 Å². The van der Waals surface area contributed by atoms with Crippen molar-refractivity contribution in [2.45, 2.75) is 39.7 Å². The van der Waals surface area contributed by atoms with Crippen LogP contribution in [0.5, 0.6) is 5.75 Å². The number of methoxy groups -OCH3 is 1. The normalized spacial score (nSPS) is 16.9. The summed E-state index contributed by atoms with van der Waals surface area (Å²) >= 11 is 0. The summed E-state index contributed by atoms with van der Waals surface area (Å²) in [5, 5.41) is 12.4. The van der Waals surface area contributed by atoms with Gasteiger partial charge < -0.3 is 24.1 Å². The van der Waals surface area contributed by atoms with Crippen LogP contribution in [0.2, 0.25) is 0 Å². The molecule has 166 valence electrons. The Kier molecular flexibility index (Phi) is 6.06. The second-order valence-electron chi connectivity index (χ2n) is 8.97. The molecule has 4 rings (SSSR count). The Hall–Kier alpha value is -2.78. The predicted molar refractivity (Wildman–Crippen MR) is 118 cm³/mol. The Labute approximate surface area is 182 Å². The van der Waals surface area contributed by atoms with Crippen molar-refractivity contribution >= 4 is 17.0 Å². The van der Waals surface area contributed by atoms with Gasteiger partial charge in [0.1, 0.15) is 17.0 Å². The molecule has 1 fully saturated rings. The van der Waals surface area contributed by atoms with Crippen molar-refractivity contribution in [3.63, 3.8) is 0 Å². The highest BCUT2D eigenvalue weighted by atomic mass is 16.7. The van der Waals surface area contributed by atoms with Gasteiger partial charge in [0.15, 0.2) is 18.3 Å². The number of hydrogen-bond donors (Lipinski definition) is 1. The van der Waals surface area contributed by atoms with Crippen molar-refractivity contribution in [1.29, 1.82) is 0 Å². The third-order valence-corrected chi connectivity index (χ3v) is 5.24. The molecule has 1 aliphatic heterocycles. The summed E-state index contributed by atoms with van der Waals surface area (Å²) in [5.74, 6) is 2.42. The van der Waals surface area contributed by atoms with E-state index in [1.54, 1.807) is 13.3 Å². The molecule has 3 aromatic rings. The minimum absolute atomic E-state index is 0.117. The monoisotopic (exact) mass is 426 g/mol. The van der Waals surface area contributed by atoms with Gasteiger partial charge in [0.2, 0.25) is 5.95 Å². The molecule has 1 unspecified atom stereocenters. The van der Waals surface area contributed by atoms with E-state index in [2.05, 4.69) is 51.2 Å². The largest absolute Gasteiger partial charge is 0.467 e.